The van der Waals surface area contributed by atoms with Crippen molar-refractivity contribution >= 4 is 17.6 Å². The largest absolute Gasteiger partial charge is 0.465 e. The molecule has 4 aromatic rings. The third-order valence-electron chi connectivity index (χ3n) is 5.55. The molecule has 0 bridgehead atoms. The van der Waals surface area contributed by atoms with Gasteiger partial charge in [-0.05, 0) is 6.07 Å². The standard InChI is InChI=1S/C21H19N9O2/c1-27-12-17(11-25-27)14-6-18(19-15(7-22)10-26-30(19)13-14)16-8-23-20(24-9-16)28-2-4-29(5-3-28)21(31)32/h6,8-13H,2-5H2,1H3,(H,31,32). The smallest absolute Gasteiger partial charge is 0.407 e. The van der Waals surface area contributed by atoms with Crippen molar-refractivity contribution in [2.24, 2.45) is 7.05 Å². The van der Waals surface area contributed by atoms with Crippen LogP contribution in [0.1, 0.15) is 5.56 Å². The van der Waals surface area contributed by atoms with Gasteiger partial charge in [-0.15, -0.1) is 0 Å². The van der Waals surface area contributed by atoms with Gasteiger partial charge in [0.05, 0.1) is 23.5 Å². The molecule has 0 aliphatic carbocycles. The molecule has 4 aromatic heterocycles. The van der Waals surface area contributed by atoms with Gasteiger partial charge in [0.2, 0.25) is 5.95 Å². The van der Waals surface area contributed by atoms with Gasteiger partial charge in [0.1, 0.15) is 6.07 Å². The van der Waals surface area contributed by atoms with E-state index in [4.69, 9.17) is 5.11 Å². The van der Waals surface area contributed by atoms with Crippen LogP contribution in [0.5, 0.6) is 0 Å². The maximum absolute atomic E-state index is 11.1. The van der Waals surface area contributed by atoms with Crippen molar-refractivity contribution in [3.8, 4) is 28.3 Å². The van der Waals surface area contributed by atoms with Crippen molar-refractivity contribution in [3.63, 3.8) is 0 Å². The zero-order valence-corrected chi connectivity index (χ0v) is 17.3. The summed E-state index contributed by atoms with van der Waals surface area (Å²) >= 11 is 0. The molecule has 1 aliphatic heterocycles. The monoisotopic (exact) mass is 429 g/mol. The van der Waals surface area contributed by atoms with Crippen molar-refractivity contribution in [1.29, 1.82) is 5.26 Å². The number of piperazine rings is 1. The Morgan fingerprint density at radius 3 is 2.38 bits per heavy atom. The van der Waals surface area contributed by atoms with Crippen LogP contribution in [-0.2, 0) is 7.05 Å². The van der Waals surface area contributed by atoms with Gasteiger partial charge in [-0.2, -0.15) is 15.5 Å². The number of nitrogens with zero attached hydrogens (tertiary/aromatic N) is 9. The molecule has 0 atom stereocenters. The highest BCUT2D eigenvalue weighted by Gasteiger charge is 2.22. The molecule has 1 saturated heterocycles. The molecule has 0 unspecified atom stereocenters. The third kappa shape index (κ3) is 3.37. The summed E-state index contributed by atoms with van der Waals surface area (Å²) < 4.78 is 3.42. The van der Waals surface area contributed by atoms with Crippen molar-refractivity contribution in [1.82, 2.24) is 34.3 Å². The second kappa shape index (κ2) is 7.66. The molecular weight excluding hydrogens is 410 g/mol. The van der Waals surface area contributed by atoms with E-state index in [9.17, 15) is 10.1 Å². The van der Waals surface area contributed by atoms with Crippen LogP contribution < -0.4 is 4.90 Å². The lowest BCUT2D eigenvalue weighted by Crippen LogP contribution is -2.48. The molecule has 0 radical (unpaired) electrons. The summed E-state index contributed by atoms with van der Waals surface area (Å²) in [6.07, 6.45) is 9.64. The van der Waals surface area contributed by atoms with E-state index in [0.717, 1.165) is 22.3 Å². The fraction of sp³-hybridized carbons (Fsp3) is 0.238. The first-order valence-electron chi connectivity index (χ1n) is 9.99. The molecule has 0 spiro atoms. The number of fused-ring (bicyclic) bond motifs is 1. The summed E-state index contributed by atoms with van der Waals surface area (Å²) in [6, 6.07) is 4.18. The van der Waals surface area contributed by atoms with Gasteiger partial charge in [0.25, 0.3) is 0 Å². The second-order valence-corrected chi connectivity index (χ2v) is 7.54. The van der Waals surface area contributed by atoms with E-state index in [0.29, 0.717) is 43.2 Å². The SMILES string of the molecule is Cn1cc(-c2cc(-c3cnc(N4CCN(C(=O)O)CC4)nc3)c3c(C#N)cnn3c2)cn1. The first-order valence-corrected chi connectivity index (χ1v) is 9.99. The van der Waals surface area contributed by atoms with Crippen LogP contribution in [0.2, 0.25) is 0 Å². The molecule has 1 fully saturated rings. The number of aryl methyl sites for hydroxylation is 1. The van der Waals surface area contributed by atoms with Gasteiger partial charge in [-0.3, -0.25) is 4.68 Å². The van der Waals surface area contributed by atoms with E-state index >= 15 is 0 Å². The summed E-state index contributed by atoms with van der Waals surface area (Å²) in [4.78, 5) is 23.5. The minimum Gasteiger partial charge on any atom is -0.465 e. The van der Waals surface area contributed by atoms with E-state index in [1.54, 1.807) is 34.0 Å². The number of pyridine rings is 1. The Morgan fingerprint density at radius 1 is 1.00 bits per heavy atom. The molecule has 1 aliphatic rings. The van der Waals surface area contributed by atoms with E-state index in [1.807, 2.05) is 30.4 Å². The molecule has 0 aromatic carbocycles. The molecule has 0 saturated carbocycles. The van der Waals surface area contributed by atoms with Crippen LogP contribution in [0.3, 0.4) is 0 Å². The van der Waals surface area contributed by atoms with E-state index in [2.05, 4.69) is 26.2 Å². The first kappa shape index (κ1) is 19.5. The van der Waals surface area contributed by atoms with E-state index in [1.165, 1.54) is 4.90 Å². The number of aromatic nitrogens is 6. The van der Waals surface area contributed by atoms with Crippen LogP contribution in [-0.4, -0.2) is 71.6 Å². The number of anilines is 1. The number of carboxylic acid groups (broad SMARTS) is 1. The summed E-state index contributed by atoms with van der Waals surface area (Å²) in [5.41, 5.74) is 4.53. The minimum absolute atomic E-state index is 0.412. The average molecular weight is 429 g/mol. The molecule has 1 N–H and O–H groups in total. The van der Waals surface area contributed by atoms with Crippen LogP contribution in [0, 0.1) is 11.3 Å². The number of amides is 1. The van der Waals surface area contributed by atoms with Gasteiger partial charge in [0.15, 0.2) is 0 Å². The number of hydrogen-bond acceptors (Lipinski definition) is 7. The zero-order chi connectivity index (χ0) is 22.2. The van der Waals surface area contributed by atoms with Crippen LogP contribution in [0.4, 0.5) is 10.7 Å². The molecule has 5 heterocycles. The number of rotatable bonds is 3. The van der Waals surface area contributed by atoms with Gasteiger partial charge in [0, 0.05) is 80.3 Å². The number of hydrogen-bond donors (Lipinski definition) is 1. The van der Waals surface area contributed by atoms with E-state index in [-0.39, 0.29) is 0 Å². The van der Waals surface area contributed by atoms with E-state index < -0.39 is 6.09 Å². The molecule has 160 valence electrons. The van der Waals surface area contributed by atoms with Crippen molar-refractivity contribution in [2.45, 2.75) is 0 Å². The molecule has 5 rings (SSSR count). The van der Waals surface area contributed by atoms with Gasteiger partial charge in [-0.25, -0.2) is 19.3 Å². The highest BCUT2D eigenvalue weighted by Crippen LogP contribution is 2.31. The second-order valence-electron chi connectivity index (χ2n) is 7.54. The molecule has 32 heavy (non-hydrogen) atoms. The average Bonchev–Trinajstić information content (AvgIpc) is 3.44. The maximum atomic E-state index is 11.1. The van der Waals surface area contributed by atoms with Gasteiger partial charge in [-0.1, -0.05) is 0 Å². The zero-order valence-electron chi connectivity index (χ0n) is 17.3. The third-order valence-corrected chi connectivity index (χ3v) is 5.55. The van der Waals surface area contributed by atoms with Crippen molar-refractivity contribution in [2.75, 3.05) is 31.1 Å². The summed E-state index contributed by atoms with van der Waals surface area (Å²) in [7, 11) is 1.85. The lowest BCUT2D eigenvalue weighted by molar-refractivity contribution is 0.142. The fourth-order valence-corrected chi connectivity index (χ4v) is 3.87. The number of carbonyl (C=O) groups is 1. The van der Waals surface area contributed by atoms with Gasteiger partial charge < -0.3 is 14.9 Å². The predicted octanol–water partition coefficient (Wildman–Crippen LogP) is 1.86. The predicted molar refractivity (Wildman–Crippen MR) is 115 cm³/mol. The van der Waals surface area contributed by atoms with Crippen LogP contribution >= 0.6 is 0 Å². The minimum atomic E-state index is -0.910. The Labute approximate surface area is 182 Å². The fourth-order valence-electron chi connectivity index (χ4n) is 3.87. The first-order chi connectivity index (χ1) is 15.5. The van der Waals surface area contributed by atoms with Crippen molar-refractivity contribution in [3.05, 3.63) is 48.8 Å². The maximum Gasteiger partial charge on any atom is 0.407 e. The lowest BCUT2D eigenvalue weighted by atomic mass is 10.0. The Hall–Kier alpha value is -4.46. The molecule has 11 heteroatoms. The molecular formula is C21H19N9O2. The normalized spacial score (nSPS) is 14.0. The van der Waals surface area contributed by atoms with Crippen LogP contribution in [0.15, 0.2) is 43.2 Å². The Morgan fingerprint density at radius 2 is 1.75 bits per heavy atom. The highest BCUT2D eigenvalue weighted by atomic mass is 16.4. The highest BCUT2D eigenvalue weighted by molar-refractivity contribution is 5.87. The Bertz CT molecular complexity index is 1340. The Kier molecular flexibility index (Phi) is 4.67. The summed E-state index contributed by atoms with van der Waals surface area (Å²) in [5.74, 6) is 0.548. The topological polar surface area (TPSA) is 128 Å². The lowest BCUT2D eigenvalue weighted by Gasteiger charge is -2.33. The number of nitriles is 1. The van der Waals surface area contributed by atoms with Crippen LogP contribution in [0.25, 0.3) is 27.8 Å². The van der Waals surface area contributed by atoms with Crippen molar-refractivity contribution < 1.29 is 9.90 Å². The van der Waals surface area contributed by atoms with Gasteiger partial charge >= 0.3 is 6.09 Å². The molecule has 1 amide bonds. The Balaban J connectivity index is 1.52. The quantitative estimate of drug-likeness (QED) is 0.523. The molecule has 11 nitrogen and oxygen atoms in total. The summed E-state index contributed by atoms with van der Waals surface area (Å²) in [6.45, 7) is 1.90. The summed E-state index contributed by atoms with van der Waals surface area (Å²) in [5, 5.41) is 27.3.